The van der Waals surface area contributed by atoms with Gasteiger partial charge < -0.3 is 0 Å². The summed E-state index contributed by atoms with van der Waals surface area (Å²) in [5, 5.41) is 0. The molecule has 0 unspecified atom stereocenters. The smallest absolute Gasteiger partial charge is 0.0508 e. The van der Waals surface area contributed by atoms with Gasteiger partial charge in [0.05, 0.1) is 14.4 Å². The van der Waals surface area contributed by atoms with E-state index < -0.39 is 0 Å². The summed E-state index contributed by atoms with van der Waals surface area (Å²) in [7, 11) is 1.42. The normalized spacial score (nSPS) is 9.50. The van der Waals surface area contributed by atoms with Crippen molar-refractivity contribution in [2.45, 2.75) is 0 Å². The minimum atomic E-state index is 0.708. The van der Waals surface area contributed by atoms with Gasteiger partial charge in [-0.15, -0.1) is 0 Å². The third kappa shape index (κ3) is 3.18. The SMILES string of the molecule is ClP=PCl. The number of halogens is 2. The Balaban J connectivity index is 2.55. The molecule has 24 valence electrons. The molecule has 0 aromatic rings. The lowest BCUT2D eigenvalue weighted by molar-refractivity contribution is 5.02. The minimum Gasteiger partial charge on any atom is -0.0508 e. The fourth-order valence-electron chi connectivity index (χ4n) is 0. The zero-order valence-electron chi connectivity index (χ0n) is 1.65. The summed E-state index contributed by atoms with van der Waals surface area (Å²) in [5.41, 5.74) is 0. The molecule has 4 heavy (non-hydrogen) atoms. The van der Waals surface area contributed by atoms with Gasteiger partial charge in [0.15, 0.2) is 0 Å². The molecule has 0 saturated carbocycles. The fourth-order valence-corrected chi connectivity index (χ4v) is 0. The molecule has 0 nitrogen and oxygen atoms in total. The van der Waals surface area contributed by atoms with Gasteiger partial charge in [-0.3, -0.25) is 0 Å². The van der Waals surface area contributed by atoms with Crippen molar-refractivity contribution < 1.29 is 0 Å². The van der Waals surface area contributed by atoms with Gasteiger partial charge >= 0.3 is 0 Å². The zero-order valence-corrected chi connectivity index (χ0v) is 4.95. The molecule has 0 aliphatic rings. The van der Waals surface area contributed by atoms with Crippen LogP contribution in [-0.4, -0.2) is 0 Å². The average molecular weight is 133 g/mol. The molecule has 0 aliphatic carbocycles. The van der Waals surface area contributed by atoms with Crippen molar-refractivity contribution in [1.29, 1.82) is 0 Å². The Hall–Kier alpha value is 1.18. The standard InChI is InChI=1S/Cl2P2/c1-3-4-2. The molecule has 0 rings (SSSR count). The Labute approximate surface area is 37.5 Å². The maximum Gasteiger partial charge on any atom is 0.0508 e. The predicted octanol–water partition coefficient (Wildman–Crippen LogP) is 3.10. The molecule has 0 spiro atoms. The molecule has 0 amide bonds. The Morgan fingerprint density at radius 1 is 1.00 bits per heavy atom. The van der Waals surface area contributed by atoms with E-state index in [1.165, 1.54) is 0 Å². The van der Waals surface area contributed by atoms with Crippen LogP contribution in [0.3, 0.4) is 0 Å². The van der Waals surface area contributed by atoms with Crippen molar-refractivity contribution >= 4 is 36.9 Å². The third-order valence-corrected chi connectivity index (χ3v) is 2.31. The van der Waals surface area contributed by atoms with Crippen molar-refractivity contribution in [3.05, 3.63) is 0 Å². The van der Waals surface area contributed by atoms with E-state index in [4.69, 9.17) is 22.5 Å². The van der Waals surface area contributed by atoms with Crippen LogP contribution in [0.5, 0.6) is 0 Å². The maximum atomic E-state index is 5.01. The van der Waals surface area contributed by atoms with E-state index >= 15 is 0 Å². The highest BCUT2D eigenvalue weighted by atomic mass is 35.7. The van der Waals surface area contributed by atoms with Crippen molar-refractivity contribution in [1.82, 2.24) is 0 Å². The van der Waals surface area contributed by atoms with Crippen molar-refractivity contribution in [2.75, 3.05) is 0 Å². The largest absolute Gasteiger partial charge is 0.0508 e. The molecule has 0 aromatic carbocycles. The first-order valence-electron chi connectivity index (χ1n) is 0.538. The second-order valence-electron chi connectivity index (χ2n) is 0.151. The number of hydrogen-bond donors (Lipinski definition) is 0. The van der Waals surface area contributed by atoms with Crippen LogP contribution in [0.4, 0.5) is 0 Å². The van der Waals surface area contributed by atoms with Crippen molar-refractivity contribution in [2.24, 2.45) is 0 Å². The van der Waals surface area contributed by atoms with Gasteiger partial charge in [-0.25, -0.2) is 0 Å². The van der Waals surface area contributed by atoms with E-state index in [1.54, 1.807) is 0 Å². The summed E-state index contributed by atoms with van der Waals surface area (Å²) in [6.07, 6.45) is 0. The predicted molar refractivity (Wildman–Crippen MR) is 25.5 cm³/mol. The summed E-state index contributed by atoms with van der Waals surface area (Å²) >= 11 is 10.0. The minimum absolute atomic E-state index is 0.708. The highest BCUT2D eigenvalue weighted by Gasteiger charge is 1.43. The van der Waals surface area contributed by atoms with E-state index in [-0.39, 0.29) is 0 Å². The van der Waals surface area contributed by atoms with Crippen LogP contribution in [0.1, 0.15) is 0 Å². The average Bonchev–Trinajstić information content (AvgIpc) is 1.37. The molecule has 0 N–H and O–H groups in total. The maximum absolute atomic E-state index is 5.01. The van der Waals surface area contributed by atoms with Crippen molar-refractivity contribution in [3.8, 4) is 0 Å². The second-order valence-corrected chi connectivity index (χ2v) is 4.08. The molecule has 0 heterocycles. The Bertz CT molecular complexity index is 19.2. The molecular weight excluding hydrogens is 133 g/mol. The van der Waals surface area contributed by atoms with Crippen LogP contribution in [0, 0.1) is 0 Å². The number of rotatable bonds is 0. The second kappa shape index (κ2) is 4.18. The van der Waals surface area contributed by atoms with Gasteiger partial charge in [-0.05, 0) is 0 Å². The third-order valence-electron chi connectivity index (χ3n) is 0.0286. The molecule has 0 fully saturated rings. The molecule has 0 saturated heterocycles. The Morgan fingerprint density at radius 2 is 1.25 bits per heavy atom. The fraction of sp³-hybridized carbons (Fsp3) is 0. The highest BCUT2D eigenvalue weighted by molar-refractivity contribution is 8.08. The summed E-state index contributed by atoms with van der Waals surface area (Å²) in [5.74, 6) is 0. The van der Waals surface area contributed by atoms with E-state index in [2.05, 4.69) is 0 Å². The summed E-state index contributed by atoms with van der Waals surface area (Å²) in [4.78, 5) is 0. The lowest BCUT2D eigenvalue weighted by Crippen LogP contribution is -0.613. The molecule has 0 bridgehead atoms. The van der Waals surface area contributed by atoms with Crippen LogP contribution in [0.2, 0.25) is 0 Å². The van der Waals surface area contributed by atoms with E-state index in [9.17, 15) is 0 Å². The van der Waals surface area contributed by atoms with Crippen LogP contribution in [0.25, 0.3) is 0 Å². The molecule has 0 aromatic heterocycles. The van der Waals surface area contributed by atoms with Gasteiger partial charge in [-0.2, -0.15) is 0 Å². The quantitative estimate of drug-likeness (QED) is 0.445. The van der Waals surface area contributed by atoms with E-state index in [0.717, 1.165) is 0 Å². The lowest BCUT2D eigenvalue weighted by Gasteiger charge is -1.40. The first-order valence-corrected chi connectivity index (χ1v) is 4.84. The van der Waals surface area contributed by atoms with Crippen LogP contribution < -0.4 is 0 Å². The number of hydrogen-bond acceptors (Lipinski definition) is 0. The first-order chi connectivity index (χ1) is 1.91. The molecule has 0 atom stereocenters. The van der Waals surface area contributed by atoms with Crippen LogP contribution in [-0.2, 0) is 0 Å². The molecular formula is Cl2P2. The van der Waals surface area contributed by atoms with E-state index in [0.29, 0.717) is 14.4 Å². The molecule has 0 radical (unpaired) electrons. The van der Waals surface area contributed by atoms with Gasteiger partial charge in [0.25, 0.3) is 0 Å². The van der Waals surface area contributed by atoms with Gasteiger partial charge in [0, 0.05) is 0 Å². The van der Waals surface area contributed by atoms with Crippen LogP contribution in [0.15, 0.2) is 0 Å². The van der Waals surface area contributed by atoms with Crippen molar-refractivity contribution in [3.63, 3.8) is 0 Å². The molecule has 0 aliphatic heterocycles. The lowest BCUT2D eigenvalue weighted by atomic mass is 30.1. The Kier molecular flexibility index (Phi) is 5.41. The Morgan fingerprint density at radius 3 is 1.25 bits per heavy atom. The highest BCUT2D eigenvalue weighted by Crippen LogP contribution is 2.22. The monoisotopic (exact) mass is 132 g/mol. The summed E-state index contributed by atoms with van der Waals surface area (Å²) in [6, 6.07) is 0. The van der Waals surface area contributed by atoms with Gasteiger partial charge in [0.2, 0.25) is 0 Å². The molecule has 4 heteroatoms. The van der Waals surface area contributed by atoms with Gasteiger partial charge in [-0.1, -0.05) is 22.5 Å². The van der Waals surface area contributed by atoms with E-state index in [1.807, 2.05) is 0 Å². The summed E-state index contributed by atoms with van der Waals surface area (Å²) in [6.45, 7) is 0. The van der Waals surface area contributed by atoms with Crippen LogP contribution >= 0.6 is 36.9 Å². The topological polar surface area (TPSA) is 0 Å². The zero-order chi connectivity index (χ0) is 3.41. The summed E-state index contributed by atoms with van der Waals surface area (Å²) < 4.78 is 0. The first kappa shape index (κ1) is 5.18. The van der Waals surface area contributed by atoms with Gasteiger partial charge in [0.1, 0.15) is 0 Å².